The number of aryl methyl sites for hydroxylation is 1. The normalized spacial score (nSPS) is 19.4. The number of para-hydroxylation sites is 1. The molecule has 0 atom stereocenters. The molecule has 1 heterocycles. The van der Waals surface area contributed by atoms with Crippen LogP contribution in [0.15, 0.2) is 23.1 Å². The fourth-order valence-electron chi connectivity index (χ4n) is 1.64. The summed E-state index contributed by atoms with van der Waals surface area (Å²) in [5.74, 6) is 1.19. The van der Waals surface area contributed by atoms with Gasteiger partial charge in [-0.2, -0.15) is 0 Å². The van der Waals surface area contributed by atoms with Gasteiger partial charge in [0.15, 0.2) is 0 Å². The predicted octanol–water partition coefficient (Wildman–Crippen LogP) is 3.54. The number of nitrogens with one attached hydrogen (secondary N) is 1. The Labute approximate surface area is 90.3 Å². The van der Waals surface area contributed by atoms with Crippen LogP contribution in [0, 0.1) is 12.3 Å². The third-order valence-corrected chi connectivity index (χ3v) is 4.17. The van der Waals surface area contributed by atoms with Gasteiger partial charge in [0.25, 0.3) is 0 Å². The highest BCUT2D eigenvalue weighted by atomic mass is 32.2. The molecule has 0 amide bonds. The highest BCUT2D eigenvalue weighted by Gasteiger charge is 2.23. The Kier molecular flexibility index (Phi) is 2.48. The van der Waals surface area contributed by atoms with Crippen LogP contribution >= 0.6 is 11.8 Å². The number of thioether (sulfide) groups is 1. The molecule has 0 aliphatic carbocycles. The van der Waals surface area contributed by atoms with Gasteiger partial charge in [0.05, 0.1) is 5.69 Å². The van der Waals surface area contributed by atoms with Gasteiger partial charge in [0.1, 0.15) is 0 Å². The van der Waals surface area contributed by atoms with Crippen LogP contribution in [-0.4, -0.2) is 12.3 Å². The summed E-state index contributed by atoms with van der Waals surface area (Å²) in [6.45, 7) is 7.87. The minimum Gasteiger partial charge on any atom is -0.383 e. The van der Waals surface area contributed by atoms with Crippen molar-refractivity contribution < 1.29 is 0 Å². The monoisotopic (exact) mass is 207 g/mol. The number of hydrogen-bond acceptors (Lipinski definition) is 2. The fourth-order valence-corrected chi connectivity index (χ4v) is 2.84. The van der Waals surface area contributed by atoms with Crippen molar-refractivity contribution in [2.75, 3.05) is 17.6 Å². The standard InChI is InChI=1S/C12H17NS/c1-9-5-4-6-10-11(9)13-7-12(2,3)8-14-10/h4-6,13H,7-8H2,1-3H3. The minimum atomic E-state index is 0.385. The molecule has 2 rings (SSSR count). The molecule has 1 aromatic carbocycles. The maximum Gasteiger partial charge on any atom is 0.0508 e. The molecule has 0 radical (unpaired) electrons. The molecule has 0 bridgehead atoms. The van der Waals surface area contributed by atoms with E-state index in [-0.39, 0.29) is 0 Å². The van der Waals surface area contributed by atoms with Crippen molar-refractivity contribution >= 4 is 17.4 Å². The maximum atomic E-state index is 3.56. The summed E-state index contributed by atoms with van der Waals surface area (Å²) in [6, 6.07) is 6.52. The molecule has 76 valence electrons. The quantitative estimate of drug-likeness (QED) is 0.698. The molecule has 0 fully saturated rings. The Bertz CT molecular complexity index is 344. The molecule has 1 N–H and O–H groups in total. The zero-order chi connectivity index (χ0) is 10.2. The van der Waals surface area contributed by atoms with Crippen LogP contribution in [0.4, 0.5) is 5.69 Å². The van der Waals surface area contributed by atoms with Crippen LogP contribution in [0.1, 0.15) is 19.4 Å². The molecule has 1 aromatic rings. The lowest BCUT2D eigenvalue weighted by atomic mass is 9.96. The van der Waals surface area contributed by atoms with E-state index in [0.717, 1.165) is 6.54 Å². The highest BCUT2D eigenvalue weighted by Crippen LogP contribution is 2.37. The summed E-state index contributed by atoms with van der Waals surface area (Å²) >= 11 is 1.97. The van der Waals surface area contributed by atoms with Crippen molar-refractivity contribution in [3.05, 3.63) is 23.8 Å². The molecule has 0 unspecified atom stereocenters. The van der Waals surface area contributed by atoms with Crippen LogP contribution in [-0.2, 0) is 0 Å². The van der Waals surface area contributed by atoms with E-state index in [1.54, 1.807) is 0 Å². The first-order valence-electron chi connectivity index (χ1n) is 5.05. The smallest absolute Gasteiger partial charge is 0.0508 e. The molecule has 2 heteroatoms. The van der Waals surface area contributed by atoms with Crippen LogP contribution < -0.4 is 5.32 Å². The Morgan fingerprint density at radius 1 is 1.36 bits per heavy atom. The van der Waals surface area contributed by atoms with Gasteiger partial charge in [-0.1, -0.05) is 26.0 Å². The van der Waals surface area contributed by atoms with E-state index in [1.165, 1.54) is 21.9 Å². The first-order chi connectivity index (χ1) is 6.58. The van der Waals surface area contributed by atoms with Gasteiger partial charge < -0.3 is 5.32 Å². The Morgan fingerprint density at radius 3 is 2.93 bits per heavy atom. The van der Waals surface area contributed by atoms with Gasteiger partial charge in [-0.3, -0.25) is 0 Å². The number of fused-ring (bicyclic) bond motifs is 1. The average Bonchev–Trinajstić information content (AvgIpc) is 2.27. The van der Waals surface area contributed by atoms with E-state index in [9.17, 15) is 0 Å². The van der Waals surface area contributed by atoms with Crippen molar-refractivity contribution in [3.8, 4) is 0 Å². The van der Waals surface area contributed by atoms with Crippen LogP contribution in [0.2, 0.25) is 0 Å². The molecule has 0 saturated carbocycles. The zero-order valence-electron chi connectivity index (χ0n) is 9.05. The van der Waals surface area contributed by atoms with Gasteiger partial charge in [-0.25, -0.2) is 0 Å². The third kappa shape index (κ3) is 1.90. The highest BCUT2D eigenvalue weighted by molar-refractivity contribution is 7.99. The summed E-state index contributed by atoms with van der Waals surface area (Å²) in [5.41, 5.74) is 3.08. The van der Waals surface area contributed by atoms with Crippen LogP contribution in [0.3, 0.4) is 0 Å². The van der Waals surface area contributed by atoms with E-state index in [2.05, 4.69) is 44.3 Å². The van der Waals surface area contributed by atoms with E-state index >= 15 is 0 Å². The van der Waals surface area contributed by atoms with E-state index in [0.29, 0.717) is 5.41 Å². The third-order valence-electron chi connectivity index (χ3n) is 2.60. The van der Waals surface area contributed by atoms with Crippen LogP contribution in [0.25, 0.3) is 0 Å². The second kappa shape index (κ2) is 3.50. The first-order valence-corrected chi connectivity index (χ1v) is 6.03. The number of anilines is 1. The molecule has 0 saturated heterocycles. The topological polar surface area (TPSA) is 12.0 Å². The molecular formula is C12H17NS. The number of hydrogen-bond donors (Lipinski definition) is 1. The second-order valence-electron chi connectivity index (χ2n) is 4.75. The molecule has 1 aliphatic heterocycles. The van der Waals surface area contributed by atoms with Crippen LogP contribution in [0.5, 0.6) is 0 Å². The lowest BCUT2D eigenvalue weighted by Crippen LogP contribution is -2.23. The van der Waals surface area contributed by atoms with Gasteiger partial charge in [-0.15, -0.1) is 11.8 Å². The Hall–Kier alpha value is -0.630. The molecular weight excluding hydrogens is 190 g/mol. The van der Waals surface area contributed by atoms with Gasteiger partial charge >= 0.3 is 0 Å². The predicted molar refractivity (Wildman–Crippen MR) is 64.2 cm³/mol. The summed E-state index contributed by atoms with van der Waals surface area (Å²) in [7, 11) is 0. The van der Waals surface area contributed by atoms with Gasteiger partial charge in [-0.05, 0) is 24.0 Å². The Balaban J connectivity index is 2.34. The summed E-state index contributed by atoms with van der Waals surface area (Å²) < 4.78 is 0. The lowest BCUT2D eigenvalue weighted by Gasteiger charge is -2.21. The first kappa shape index (κ1) is 9.91. The molecule has 0 spiro atoms. The summed E-state index contributed by atoms with van der Waals surface area (Å²) in [5, 5.41) is 3.56. The van der Waals surface area contributed by atoms with E-state index < -0.39 is 0 Å². The minimum absolute atomic E-state index is 0.385. The van der Waals surface area contributed by atoms with Gasteiger partial charge in [0, 0.05) is 17.2 Å². The van der Waals surface area contributed by atoms with Crippen molar-refractivity contribution in [1.82, 2.24) is 0 Å². The fraction of sp³-hybridized carbons (Fsp3) is 0.500. The number of benzene rings is 1. The van der Waals surface area contributed by atoms with Crippen molar-refractivity contribution in [1.29, 1.82) is 0 Å². The molecule has 1 aliphatic rings. The maximum absolute atomic E-state index is 3.56. The molecule has 14 heavy (non-hydrogen) atoms. The second-order valence-corrected chi connectivity index (χ2v) is 5.77. The van der Waals surface area contributed by atoms with Crippen molar-refractivity contribution in [2.24, 2.45) is 5.41 Å². The largest absolute Gasteiger partial charge is 0.383 e. The van der Waals surface area contributed by atoms with E-state index in [4.69, 9.17) is 0 Å². The lowest BCUT2D eigenvalue weighted by molar-refractivity contribution is 0.455. The molecule has 0 aromatic heterocycles. The summed E-state index contributed by atoms with van der Waals surface area (Å²) in [4.78, 5) is 1.40. The number of rotatable bonds is 0. The van der Waals surface area contributed by atoms with E-state index in [1.807, 2.05) is 11.8 Å². The SMILES string of the molecule is Cc1cccc2c1NCC(C)(C)CS2. The Morgan fingerprint density at radius 2 is 2.14 bits per heavy atom. The zero-order valence-corrected chi connectivity index (χ0v) is 9.87. The van der Waals surface area contributed by atoms with Crippen molar-refractivity contribution in [2.45, 2.75) is 25.7 Å². The van der Waals surface area contributed by atoms with Gasteiger partial charge in [0.2, 0.25) is 0 Å². The average molecular weight is 207 g/mol. The summed E-state index contributed by atoms with van der Waals surface area (Å²) in [6.07, 6.45) is 0. The van der Waals surface area contributed by atoms with Crippen molar-refractivity contribution in [3.63, 3.8) is 0 Å². The molecule has 1 nitrogen and oxygen atoms in total.